The lowest BCUT2D eigenvalue weighted by molar-refractivity contribution is -0.113. The molecule has 8 heteroatoms. The number of nitrogens with one attached hydrogen (secondary N) is 3. The van der Waals surface area contributed by atoms with Gasteiger partial charge in [-0.05, 0) is 55.3 Å². The summed E-state index contributed by atoms with van der Waals surface area (Å²) in [4.78, 5) is 22.5. The molecule has 0 fully saturated rings. The fourth-order valence-corrected chi connectivity index (χ4v) is 3.85. The number of amides is 1. The SMILES string of the molecule is CC1=C(C(=O)Nc2ccccc2C)C(c2ccc(F)cc2)N=C(Nc2nc3ccccc3o2)N1. The number of allylic oxidation sites excluding steroid dienone is 1. The van der Waals surface area contributed by atoms with Gasteiger partial charge in [-0.25, -0.2) is 9.38 Å². The monoisotopic (exact) mass is 455 g/mol. The van der Waals surface area contributed by atoms with E-state index in [9.17, 15) is 9.18 Å². The molecular weight excluding hydrogens is 433 g/mol. The normalized spacial score (nSPS) is 15.6. The maximum atomic E-state index is 13.6. The highest BCUT2D eigenvalue weighted by atomic mass is 19.1. The summed E-state index contributed by atoms with van der Waals surface area (Å²) in [5.41, 5.74) is 4.72. The van der Waals surface area contributed by atoms with Crippen molar-refractivity contribution >= 4 is 34.7 Å². The third kappa shape index (κ3) is 4.25. The predicted molar refractivity (Wildman–Crippen MR) is 130 cm³/mol. The highest BCUT2D eigenvalue weighted by Gasteiger charge is 2.30. The maximum absolute atomic E-state index is 13.6. The fraction of sp³-hybridized carbons (Fsp3) is 0.115. The smallest absolute Gasteiger partial charge is 0.302 e. The highest BCUT2D eigenvalue weighted by Crippen LogP contribution is 2.32. The van der Waals surface area contributed by atoms with E-state index in [1.54, 1.807) is 19.1 Å². The summed E-state index contributed by atoms with van der Waals surface area (Å²) in [6.45, 7) is 3.72. The molecule has 0 spiro atoms. The molecule has 1 aliphatic heterocycles. The quantitative estimate of drug-likeness (QED) is 0.388. The number of aliphatic imine (C=N–C) groups is 1. The number of benzene rings is 3. The van der Waals surface area contributed by atoms with Crippen LogP contribution in [0.15, 0.2) is 93.5 Å². The summed E-state index contributed by atoms with van der Waals surface area (Å²) >= 11 is 0. The Morgan fingerprint density at radius 1 is 1.00 bits per heavy atom. The average Bonchev–Trinajstić information content (AvgIpc) is 3.23. The minimum Gasteiger partial charge on any atom is -0.423 e. The Morgan fingerprint density at radius 2 is 1.74 bits per heavy atom. The van der Waals surface area contributed by atoms with Gasteiger partial charge in [0.05, 0.1) is 5.57 Å². The molecule has 1 aromatic heterocycles. The lowest BCUT2D eigenvalue weighted by Crippen LogP contribution is -2.37. The van der Waals surface area contributed by atoms with Crippen molar-refractivity contribution in [2.75, 3.05) is 10.6 Å². The second-order valence-electron chi connectivity index (χ2n) is 7.98. The molecule has 170 valence electrons. The number of guanidine groups is 1. The summed E-state index contributed by atoms with van der Waals surface area (Å²) in [5, 5.41) is 9.16. The molecule has 7 nitrogen and oxygen atoms in total. The van der Waals surface area contributed by atoms with Crippen molar-refractivity contribution in [1.82, 2.24) is 10.3 Å². The van der Waals surface area contributed by atoms with Crippen LogP contribution in [0.3, 0.4) is 0 Å². The predicted octanol–water partition coefficient (Wildman–Crippen LogP) is 5.30. The van der Waals surface area contributed by atoms with Gasteiger partial charge in [-0.15, -0.1) is 0 Å². The molecule has 1 amide bonds. The number of oxazole rings is 1. The summed E-state index contributed by atoms with van der Waals surface area (Å²) in [7, 11) is 0. The lowest BCUT2D eigenvalue weighted by Gasteiger charge is -2.26. The van der Waals surface area contributed by atoms with Gasteiger partial charge in [0.25, 0.3) is 5.91 Å². The Balaban J connectivity index is 1.48. The molecule has 1 unspecified atom stereocenters. The van der Waals surface area contributed by atoms with Crippen LogP contribution in [0.1, 0.15) is 24.1 Å². The molecule has 34 heavy (non-hydrogen) atoms. The Hall–Kier alpha value is -4.46. The third-order valence-corrected chi connectivity index (χ3v) is 5.58. The van der Waals surface area contributed by atoms with E-state index in [1.165, 1.54) is 12.1 Å². The fourth-order valence-electron chi connectivity index (χ4n) is 3.85. The van der Waals surface area contributed by atoms with Gasteiger partial charge < -0.3 is 15.1 Å². The van der Waals surface area contributed by atoms with E-state index in [0.717, 1.165) is 5.56 Å². The van der Waals surface area contributed by atoms with Gasteiger partial charge in [-0.3, -0.25) is 10.1 Å². The number of para-hydroxylation sites is 3. The standard InChI is InChI=1S/C26H22FN5O2/c1-15-7-3-4-8-19(15)29-24(33)22-16(2)28-25(31-23(22)17-11-13-18(27)14-12-17)32-26-30-20-9-5-6-10-21(20)34-26/h3-14,23H,1-2H3,(H,29,33)(H2,28,30,31,32). The molecule has 5 rings (SSSR count). The Morgan fingerprint density at radius 3 is 2.50 bits per heavy atom. The Labute approximate surface area is 195 Å². The van der Waals surface area contributed by atoms with Crippen molar-refractivity contribution in [1.29, 1.82) is 0 Å². The van der Waals surface area contributed by atoms with Crippen molar-refractivity contribution in [2.45, 2.75) is 19.9 Å². The lowest BCUT2D eigenvalue weighted by atomic mass is 9.95. The zero-order valence-electron chi connectivity index (χ0n) is 18.6. The molecule has 0 bridgehead atoms. The van der Waals surface area contributed by atoms with Crippen LogP contribution in [-0.4, -0.2) is 16.9 Å². The van der Waals surface area contributed by atoms with E-state index < -0.39 is 6.04 Å². The van der Waals surface area contributed by atoms with Crippen LogP contribution >= 0.6 is 0 Å². The second-order valence-corrected chi connectivity index (χ2v) is 7.98. The van der Waals surface area contributed by atoms with Crippen molar-refractivity contribution in [3.05, 3.63) is 101 Å². The van der Waals surface area contributed by atoms with Gasteiger partial charge in [-0.1, -0.05) is 42.5 Å². The second kappa shape index (κ2) is 8.82. The molecular formula is C26H22FN5O2. The van der Waals surface area contributed by atoms with Crippen molar-refractivity contribution in [3.63, 3.8) is 0 Å². The number of aryl methyl sites for hydroxylation is 1. The van der Waals surface area contributed by atoms with Crippen LogP contribution < -0.4 is 16.0 Å². The molecule has 3 N–H and O–H groups in total. The van der Waals surface area contributed by atoms with Gasteiger partial charge in [0.2, 0.25) is 5.96 Å². The minimum absolute atomic E-state index is 0.269. The zero-order chi connectivity index (χ0) is 23.7. The number of rotatable bonds is 4. The van der Waals surface area contributed by atoms with Gasteiger partial charge in [-0.2, -0.15) is 4.98 Å². The number of aromatic nitrogens is 1. The molecule has 0 radical (unpaired) electrons. The van der Waals surface area contributed by atoms with Gasteiger partial charge >= 0.3 is 6.01 Å². The number of halogens is 1. The van der Waals surface area contributed by atoms with Crippen molar-refractivity contribution in [3.8, 4) is 0 Å². The number of hydrogen-bond acceptors (Lipinski definition) is 6. The van der Waals surface area contributed by atoms with Crippen LogP contribution in [-0.2, 0) is 4.79 Å². The molecule has 0 aliphatic carbocycles. The maximum Gasteiger partial charge on any atom is 0.302 e. The first-order valence-corrected chi connectivity index (χ1v) is 10.8. The average molecular weight is 455 g/mol. The molecule has 4 aromatic rings. The van der Waals surface area contributed by atoms with E-state index in [2.05, 4.69) is 20.9 Å². The summed E-state index contributed by atoms with van der Waals surface area (Å²) in [5.74, 6) is -0.290. The molecule has 1 aliphatic rings. The number of hydrogen-bond donors (Lipinski definition) is 3. The molecule has 3 aromatic carbocycles. The number of carbonyl (C=O) groups is 1. The van der Waals surface area contributed by atoms with E-state index in [-0.39, 0.29) is 17.7 Å². The number of anilines is 2. The van der Waals surface area contributed by atoms with Crippen LogP contribution in [0.25, 0.3) is 11.1 Å². The van der Waals surface area contributed by atoms with Crippen LogP contribution in [0.5, 0.6) is 0 Å². The van der Waals surface area contributed by atoms with Crippen molar-refractivity contribution < 1.29 is 13.6 Å². The number of fused-ring (bicyclic) bond motifs is 1. The Kier molecular flexibility index (Phi) is 5.55. The van der Waals surface area contributed by atoms with E-state index in [4.69, 9.17) is 9.41 Å². The van der Waals surface area contributed by atoms with E-state index in [0.29, 0.717) is 39.6 Å². The highest BCUT2D eigenvalue weighted by molar-refractivity contribution is 6.08. The van der Waals surface area contributed by atoms with Gasteiger partial charge in [0.15, 0.2) is 5.58 Å². The topological polar surface area (TPSA) is 91.5 Å². The van der Waals surface area contributed by atoms with Crippen LogP contribution in [0.2, 0.25) is 0 Å². The molecule has 2 heterocycles. The van der Waals surface area contributed by atoms with E-state index >= 15 is 0 Å². The number of carbonyl (C=O) groups excluding carboxylic acids is 1. The van der Waals surface area contributed by atoms with Gasteiger partial charge in [0, 0.05) is 11.4 Å². The first-order valence-electron chi connectivity index (χ1n) is 10.8. The zero-order valence-corrected chi connectivity index (χ0v) is 18.6. The summed E-state index contributed by atoms with van der Waals surface area (Å²) in [6, 6.07) is 20.5. The van der Waals surface area contributed by atoms with Crippen molar-refractivity contribution in [2.24, 2.45) is 4.99 Å². The third-order valence-electron chi connectivity index (χ3n) is 5.58. The van der Waals surface area contributed by atoms with Crippen LogP contribution in [0.4, 0.5) is 16.1 Å². The van der Waals surface area contributed by atoms with Crippen LogP contribution in [0, 0.1) is 12.7 Å². The van der Waals surface area contributed by atoms with E-state index in [1.807, 2.05) is 55.5 Å². The largest absolute Gasteiger partial charge is 0.423 e. The molecule has 0 saturated carbocycles. The minimum atomic E-state index is -0.669. The first-order chi connectivity index (χ1) is 16.5. The first kappa shape index (κ1) is 21.4. The van der Waals surface area contributed by atoms with Gasteiger partial charge in [0.1, 0.15) is 17.4 Å². The molecule has 0 saturated heterocycles. The molecule has 1 atom stereocenters. The summed E-state index contributed by atoms with van der Waals surface area (Å²) < 4.78 is 19.4. The Bertz CT molecular complexity index is 1410. The summed E-state index contributed by atoms with van der Waals surface area (Å²) in [6.07, 6.45) is 0. The number of nitrogens with zero attached hydrogens (tertiary/aromatic N) is 2.